The molecule has 3 nitrogen and oxygen atoms in total. The normalized spacial score (nSPS) is 13.0. The molecule has 0 saturated carbocycles. The molecule has 0 aliphatic rings. The van der Waals surface area contributed by atoms with Crippen molar-refractivity contribution in [3.63, 3.8) is 0 Å². The third-order valence-corrected chi connectivity index (χ3v) is 2.23. The number of phenols is 1. The third-order valence-electron chi connectivity index (χ3n) is 2.23. The molecule has 1 aromatic carbocycles. The molecule has 0 saturated heterocycles. The van der Waals surface area contributed by atoms with E-state index in [0.29, 0.717) is 5.52 Å². The molecule has 1 aromatic heterocycles. The summed E-state index contributed by atoms with van der Waals surface area (Å²) in [7, 11) is 0. The number of nitrogens with zero attached hydrogens (tertiary/aromatic N) is 1. The fraction of sp³-hybridized carbons (Fsp3) is 0.182. The van der Waals surface area contributed by atoms with E-state index in [1.54, 1.807) is 31.3 Å². The highest BCUT2D eigenvalue weighted by Gasteiger charge is 2.09. The number of aromatic hydroxyl groups is 1. The van der Waals surface area contributed by atoms with Crippen LogP contribution in [0.4, 0.5) is 0 Å². The van der Waals surface area contributed by atoms with Crippen LogP contribution in [0.15, 0.2) is 30.5 Å². The third kappa shape index (κ3) is 1.32. The van der Waals surface area contributed by atoms with Gasteiger partial charge in [-0.25, -0.2) is 0 Å². The van der Waals surface area contributed by atoms with Gasteiger partial charge in [-0.3, -0.25) is 4.98 Å². The molecule has 0 aliphatic heterocycles. The summed E-state index contributed by atoms with van der Waals surface area (Å²) < 4.78 is 0. The second-order valence-corrected chi connectivity index (χ2v) is 3.25. The van der Waals surface area contributed by atoms with E-state index in [2.05, 4.69) is 4.98 Å². The van der Waals surface area contributed by atoms with Crippen molar-refractivity contribution in [1.29, 1.82) is 0 Å². The molecule has 1 heterocycles. The van der Waals surface area contributed by atoms with Crippen LogP contribution in [0.2, 0.25) is 0 Å². The number of hydrogen-bond donors (Lipinski definition) is 2. The molecule has 2 rings (SSSR count). The first-order valence-corrected chi connectivity index (χ1v) is 4.45. The van der Waals surface area contributed by atoms with Crippen molar-refractivity contribution in [3.05, 3.63) is 36.0 Å². The molecule has 72 valence electrons. The van der Waals surface area contributed by atoms with Crippen LogP contribution in [0.25, 0.3) is 10.9 Å². The monoisotopic (exact) mass is 189 g/mol. The summed E-state index contributed by atoms with van der Waals surface area (Å²) in [6, 6.07) is 6.89. The number of pyridine rings is 1. The van der Waals surface area contributed by atoms with Crippen molar-refractivity contribution in [3.8, 4) is 5.75 Å². The van der Waals surface area contributed by atoms with Crippen molar-refractivity contribution >= 4 is 10.9 Å². The largest absolute Gasteiger partial charge is 0.506 e. The number of fused-ring (bicyclic) bond motifs is 1. The maximum atomic E-state index is 9.53. The Morgan fingerprint density at radius 1 is 1.29 bits per heavy atom. The van der Waals surface area contributed by atoms with E-state index in [4.69, 9.17) is 0 Å². The fourth-order valence-corrected chi connectivity index (χ4v) is 1.54. The van der Waals surface area contributed by atoms with Gasteiger partial charge in [0.25, 0.3) is 0 Å². The molecule has 1 unspecified atom stereocenters. The topological polar surface area (TPSA) is 53.4 Å². The molecule has 0 fully saturated rings. The Morgan fingerprint density at radius 2 is 2.07 bits per heavy atom. The molecule has 0 bridgehead atoms. The molecule has 1 atom stereocenters. The second-order valence-electron chi connectivity index (χ2n) is 3.25. The van der Waals surface area contributed by atoms with Gasteiger partial charge in [0.15, 0.2) is 0 Å². The average Bonchev–Trinajstić information content (AvgIpc) is 2.18. The maximum Gasteiger partial charge on any atom is 0.141 e. The van der Waals surface area contributed by atoms with E-state index in [9.17, 15) is 10.2 Å². The average molecular weight is 189 g/mol. The molecule has 3 heteroatoms. The van der Waals surface area contributed by atoms with E-state index in [1.807, 2.05) is 6.07 Å². The van der Waals surface area contributed by atoms with Gasteiger partial charge in [0.05, 0.1) is 6.10 Å². The van der Waals surface area contributed by atoms with Gasteiger partial charge < -0.3 is 10.2 Å². The molecule has 0 aliphatic carbocycles. The minimum absolute atomic E-state index is 0.144. The predicted molar refractivity (Wildman–Crippen MR) is 54.0 cm³/mol. The van der Waals surface area contributed by atoms with Crippen molar-refractivity contribution in [1.82, 2.24) is 4.98 Å². The first-order chi connectivity index (χ1) is 6.70. The zero-order valence-electron chi connectivity index (χ0n) is 7.81. The molecule has 14 heavy (non-hydrogen) atoms. The first kappa shape index (κ1) is 8.97. The van der Waals surface area contributed by atoms with Crippen LogP contribution in [0.3, 0.4) is 0 Å². The van der Waals surface area contributed by atoms with Crippen molar-refractivity contribution in [2.24, 2.45) is 0 Å². The van der Waals surface area contributed by atoms with Crippen molar-refractivity contribution in [2.45, 2.75) is 13.0 Å². The Morgan fingerprint density at radius 3 is 2.79 bits per heavy atom. The molecule has 2 N–H and O–H groups in total. The van der Waals surface area contributed by atoms with E-state index < -0.39 is 6.10 Å². The lowest BCUT2D eigenvalue weighted by atomic mass is 10.0. The summed E-state index contributed by atoms with van der Waals surface area (Å²) in [5.74, 6) is 0.144. The summed E-state index contributed by atoms with van der Waals surface area (Å²) in [6.45, 7) is 1.69. The molecular formula is C11H11NO2. The standard InChI is InChI=1S/C11H11NO2/c1-7(13)8-4-5-10(14)11-9(8)3-2-6-12-11/h2-7,13-14H,1H3. The van der Waals surface area contributed by atoms with Gasteiger partial charge >= 0.3 is 0 Å². The lowest BCUT2D eigenvalue weighted by molar-refractivity contribution is 0.201. The number of phenolic OH excluding ortho intramolecular Hbond substituents is 1. The predicted octanol–water partition coefficient (Wildman–Crippen LogP) is 1.99. The minimum Gasteiger partial charge on any atom is -0.506 e. The highest BCUT2D eigenvalue weighted by molar-refractivity contribution is 5.87. The van der Waals surface area contributed by atoms with Crippen LogP contribution in [0, 0.1) is 0 Å². The number of rotatable bonds is 1. The van der Waals surface area contributed by atoms with Gasteiger partial charge in [-0.2, -0.15) is 0 Å². The van der Waals surface area contributed by atoms with Gasteiger partial charge in [0.1, 0.15) is 11.3 Å². The van der Waals surface area contributed by atoms with Gasteiger partial charge in [-0.15, -0.1) is 0 Å². The Hall–Kier alpha value is -1.61. The Bertz CT molecular complexity index is 466. The summed E-state index contributed by atoms with van der Waals surface area (Å²) in [6.07, 6.45) is 1.07. The van der Waals surface area contributed by atoms with Gasteiger partial charge in [-0.1, -0.05) is 12.1 Å². The Labute approximate surface area is 81.7 Å². The summed E-state index contributed by atoms with van der Waals surface area (Å²) in [4.78, 5) is 4.06. The van der Waals surface area contributed by atoms with E-state index in [0.717, 1.165) is 10.9 Å². The number of aliphatic hydroxyl groups excluding tert-OH is 1. The molecular weight excluding hydrogens is 178 g/mol. The molecule has 0 spiro atoms. The quantitative estimate of drug-likeness (QED) is 0.721. The highest BCUT2D eigenvalue weighted by Crippen LogP contribution is 2.28. The lowest BCUT2D eigenvalue weighted by Gasteiger charge is -2.09. The zero-order chi connectivity index (χ0) is 10.1. The lowest BCUT2D eigenvalue weighted by Crippen LogP contribution is -1.93. The fourth-order valence-electron chi connectivity index (χ4n) is 1.54. The van der Waals surface area contributed by atoms with Crippen LogP contribution in [-0.4, -0.2) is 15.2 Å². The number of hydrogen-bond acceptors (Lipinski definition) is 3. The Balaban J connectivity index is 2.82. The number of aromatic nitrogens is 1. The van der Waals surface area contributed by atoms with Crippen LogP contribution < -0.4 is 0 Å². The number of benzene rings is 1. The highest BCUT2D eigenvalue weighted by atomic mass is 16.3. The SMILES string of the molecule is CC(O)c1ccc(O)c2ncccc12. The smallest absolute Gasteiger partial charge is 0.141 e. The van der Waals surface area contributed by atoms with Crippen LogP contribution >= 0.6 is 0 Å². The van der Waals surface area contributed by atoms with Crippen LogP contribution in [-0.2, 0) is 0 Å². The Kier molecular flexibility index (Phi) is 2.09. The van der Waals surface area contributed by atoms with E-state index >= 15 is 0 Å². The zero-order valence-corrected chi connectivity index (χ0v) is 7.81. The van der Waals surface area contributed by atoms with Gasteiger partial charge in [-0.05, 0) is 24.6 Å². The molecule has 0 amide bonds. The van der Waals surface area contributed by atoms with Crippen molar-refractivity contribution < 1.29 is 10.2 Å². The summed E-state index contributed by atoms with van der Waals surface area (Å²) in [5.41, 5.74) is 1.32. The summed E-state index contributed by atoms with van der Waals surface area (Å²) >= 11 is 0. The van der Waals surface area contributed by atoms with Crippen LogP contribution in [0.1, 0.15) is 18.6 Å². The van der Waals surface area contributed by atoms with Crippen molar-refractivity contribution in [2.75, 3.05) is 0 Å². The number of aliphatic hydroxyl groups is 1. The van der Waals surface area contributed by atoms with Gasteiger partial charge in [0, 0.05) is 11.6 Å². The summed E-state index contributed by atoms with van der Waals surface area (Å²) in [5, 5.41) is 19.8. The molecule has 2 aromatic rings. The van der Waals surface area contributed by atoms with E-state index in [-0.39, 0.29) is 5.75 Å². The maximum absolute atomic E-state index is 9.53. The second kappa shape index (κ2) is 3.27. The first-order valence-electron chi connectivity index (χ1n) is 4.45. The van der Waals surface area contributed by atoms with Gasteiger partial charge in [0.2, 0.25) is 0 Å². The van der Waals surface area contributed by atoms with E-state index in [1.165, 1.54) is 0 Å². The van der Waals surface area contributed by atoms with Crippen LogP contribution in [0.5, 0.6) is 5.75 Å². The molecule has 0 radical (unpaired) electrons. The minimum atomic E-state index is -0.553.